The van der Waals surface area contributed by atoms with Gasteiger partial charge in [-0.15, -0.1) is 21.5 Å². The van der Waals surface area contributed by atoms with Crippen molar-refractivity contribution in [2.75, 3.05) is 25.6 Å². The van der Waals surface area contributed by atoms with E-state index in [4.69, 9.17) is 9.47 Å². The highest BCUT2D eigenvalue weighted by atomic mass is 32.2. The van der Waals surface area contributed by atoms with Crippen LogP contribution in [0.5, 0.6) is 0 Å². The van der Waals surface area contributed by atoms with Gasteiger partial charge in [0.2, 0.25) is 0 Å². The summed E-state index contributed by atoms with van der Waals surface area (Å²) in [4.78, 5) is 1.11. The van der Waals surface area contributed by atoms with Crippen molar-refractivity contribution >= 4 is 23.1 Å². The second-order valence-corrected chi connectivity index (χ2v) is 7.27. The van der Waals surface area contributed by atoms with E-state index < -0.39 is 0 Å². The van der Waals surface area contributed by atoms with E-state index in [-0.39, 0.29) is 6.10 Å². The summed E-state index contributed by atoms with van der Waals surface area (Å²) in [7, 11) is 0. The van der Waals surface area contributed by atoms with Crippen molar-refractivity contribution in [1.82, 2.24) is 14.8 Å². The molecule has 1 aliphatic rings. The molecule has 4 rings (SSSR count). The normalized spacial score (nSPS) is 17.9. The highest BCUT2D eigenvalue weighted by Gasteiger charge is 2.20. The minimum absolute atomic E-state index is 0.106. The van der Waals surface area contributed by atoms with Gasteiger partial charge in [0.1, 0.15) is 0 Å². The number of thiophene rings is 1. The molecule has 3 aromatic rings. The van der Waals surface area contributed by atoms with E-state index in [1.807, 2.05) is 24.3 Å². The van der Waals surface area contributed by atoms with Gasteiger partial charge in [-0.25, -0.2) is 0 Å². The first-order chi connectivity index (χ1) is 11.9. The van der Waals surface area contributed by atoms with Crippen LogP contribution in [0.3, 0.4) is 0 Å². The first-order valence-electron chi connectivity index (χ1n) is 7.78. The summed E-state index contributed by atoms with van der Waals surface area (Å²) in [6.07, 6.45) is 0.106. The molecule has 0 radical (unpaired) electrons. The molecule has 1 aliphatic heterocycles. The van der Waals surface area contributed by atoms with Gasteiger partial charge in [-0.05, 0) is 23.6 Å². The summed E-state index contributed by atoms with van der Waals surface area (Å²) < 4.78 is 13.3. The molecular weight excluding hydrogens is 342 g/mol. The molecule has 0 N–H and O–H groups in total. The molecule has 5 nitrogen and oxygen atoms in total. The van der Waals surface area contributed by atoms with Crippen LogP contribution >= 0.6 is 23.1 Å². The van der Waals surface area contributed by atoms with Gasteiger partial charge in [0.15, 0.2) is 11.0 Å². The molecule has 0 spiro atoms. The maximum atomic E-state index is 5.72. The molecule has 124 valence electrons. The first kappa shape index (κ1) is 15.8. The number of thioether (sulfide) groups is 1. The fourth-order valence-electron chi connectivity index (χ4n) is 2.54. The van der Waals surface area contributed by atoms with Gasteiger partial charge in [0.05, 0.1) is 30.8 Å². The zero-order chi connectivity index (χ0) is 16.2. The molecular formula is C17H17N3O2S2. The third kappa shape index (κ3) is 3.39. The van der Waals surface area contributed by atoms with Gasteiger partial charge in [0, 0.05) is 11.4 Å². The third-order valence-corrected chi connectivity index (χ3v) is 5.60. The molecule has 0 saturated carbocycles. The van der Waals surface area contributed by atoms with Gasteiger partial charge in [-0.2, -0.15) is 0 Å². The number of aromatic nitrogens is 3. The lowest BCUT2D eigenvalue weighted by molar-refractivity contribution is -0.0776. The molecule has 0 bridgehead atoms. The average Bonchev–Trinajstić information content (AvgIpc) is 3.31. The van der Waals surface area contributed by atoms with Crippen LogP contribution in [0.4, 0.5) is 0 Å². The number of hydrogen-bond acceptors (Lipinski definition) is 6. The van der Waals surface area contributed by atoms with Crippen LogP contribution < -0.4 is 0 Å². The van der Waals surface area contributed by atoms with E-state index in [2.05, 4.69) is 38.3 Å². The van der Waals surface area contributed by atoms with Gasteiger partial charge in [-0.3, -0.25) is 4.57 Å². The lowest BCUT2D eigenvalue weighted by atomic mass is 10.3. The Labute approximate surface area is 148 Å². The van der Waals surface area contributed by atoms with E-state index >= 15 is 0 Å². The molecule has 1 aromatic carbocycles. The topological polar surface area (TPSA) is 49.2 Å². The monoisotopic (exact) mass is 359 g/mol. The smallest absolute Gasteiger partial charge is 0.196 e. The number of rotatable bonds is 5. The molecule has 0 aliphatic carbocycles. The second kappa shape index (κ2) is 7.48. The maximum absolute atomic E-state index is 5.72. The van der Waals surface area contributed by atoms with Gasteiger partial charge < -0.3 is 9.47 Å². The van der Waals surface area contributed by atoms with Crippen molar-refractivity contribution < 1.29 is 9.47 Å². The van der Waals surface area contributed by atoms with Crippen LogP contribution in [0.1, 0.15) is 0 Å². The molecule has 2 aromatic heterocycles. The predicted molar refractivity (Wildman–Crippen MR) is 96.0 cm³/mol. The van der Waals surface area contributed by atoms with Crippen LogP contribution in [0.15, 0.2) is 53.0 Å². The SMILES string of the molecule is c1ccc(-n2c(SCC3COCCO3)nnc2-c2cccs2)cc1. The van der Waals surface area contributed by atoms with E-state index in [0.29, 0.717) is 19.8 Å². The van der Waals surface area contributed by atoms with E-state index in [1.165, 1.54) is 0 Å². The van der Waals surface area contributed by atoms with Crippen LogP contribution in [-0.2, 0) is 9.47 Å². The predicted octanol–water partition coefficient (Wildman–Crippen LogP) is 3.50. The molecule has 3 heterocycles. The Morgan fingerprint density at radius 3 is 2.79 bits per heavy atom. The Balaban J connectivity index is 1.64. The van der Waals surface area contributed by atoms with Crippen molar-refractivity contribution in [3.8, 4) is 16.4 Å². The molecule has 1 fully saturated rings. The summed E-state index contributed by atoms with van der Waals surface area (Å²) in [6, 6.07) is 14.3. The van der Waals surface area contributed by atoms with Gasteiger partial charge >= 0.3 is 0 Å². The molecule has 1 unspecified atom stereocenters. The Morgan fingerprint density at radius 2 is 2.04 bits per heavy atom. The lowest BCUT2D eigenvalue weighted by Crippen LogP contribution is -2.30. The Kier molecular flexibility index (Phi) is 4.94. The first-order valence-corrected chi connectivity index (χ1v) is 9.65. The molecule has 24 heavy (non-hydrogen) atoms. The summed E-state index contributed by atoms with van der Waals surface area (Å²) in [6.45, 7) is 1.99. The van der Waals surface area contributed by atoms with Gasteiger partial charge in [-0.1, -0.05) is 36.0 Å². The molecule has 1 atom stereocenters. The minimum Gasteiger partial charge on any atom is -0.376 e. The maximum Gasteiger partial charge on any atom is 0.196 e. The molecule has 7 heteroatoms. The van der Waals surface area contributed by atoms with Crippen molar-refractivity contribution in [3.05, 3.63) is 47.8 Å². The zero-order valence-electron chi connectivity index (χ0n) is 13.0. The number of ether oxygens (including phenoxy) is 2. The van der Waals surface area contributed by atoms with Gasteiger partial charge in [0.25, 0.3) is 0 Å². The minimum atomic E-state index is 0.106. The fraction of sp³-hybridized carbons (Fsp3) is 0.294. The van der Waals surface area contributed by atoms with Crippen molar-refractivity contribution in [2.45, 2.75) is 11.3 Å². The number of hydrogen-bond donors (Lipinski definition) is 0. The van der Waals surface area contributed by atoms with E-state index in [9.17, 15) is 0 Å². The average molecular weight is 359 g/mol. The largest absolute Gasteiger partial charge is 0.376 e. The Morgan fingerprint density at radius 1 is 1.12 bits per heavy atom. The number of nitrogens with zero attached hydrogens (tertiary/aromatic N) is 3. The van der Waals surface area contributed by atoms with Crippen LogP contribution in [0.25, 0.3) is 16.4 Å². The fourth-order valence-corrected chi connectivity index (χ4v) is 4.18. The van der Waals surface area contributed by atoms with Crippen LogP contribution in [0.2, 0.25) is 0 Å². The standard InChI is InChI=1S/C17H17N3O2S2/c1-2-5-13(6-3-1)20-16(15-7-4-10-23-15)18-19-17(20)24-12-14-11-21-8-9-22-14/h1-7,10,14H,8-9,11-12H2. The Bertz CT molecular complexity index is 769. The Hall–Kier alpha value is -1.67. The van der Waals surface area contributed by atoms with Crippen molar-refractivity contribution in [2.24, 2.45) is 0 Å². The number of benzene rings is 1. The lowest BCUT2D eigenvalue weighted by Gasteiger charge is -2.22. The quantitative estimate of drug-likeness (QED) is 0.653. The molecule has 0 amide bonds. The van der Waals surface area contributed by atoms with Crippen molar-refractivity contribution in [3.63, 3.8) is 0 Å². The molecule has 1 saturated heterocycles. The van der Waals surface area contributed by atoms with Crippen molar-refractivity contribution in [1.29, 1.82) is 0 Å². The highest BCUT2D eigenvalue weighted by molar-refractivity contribution is 7.99. The second-order valence-electron chi connectivity index (χ2n) is 5.33. The zero-order valence-corrected chi connectivity index (χ0v) is 14.6. The third-order valence-electron chi connectivity index (χ3n) is 3.67. The summed E-state index contributed by atoms with van der Waals surface area (Å²) in [5.41, 5.74) is 1.06. The summed E-state index contributed by atoms with van der Waals surface area (Å²) in [5, 5.41) is 11.8. The number of para-hydroxylation sites is 1. The highest BCUT2D eigenvalue weighted by Crippen LogP contribution is 2.30. The summed E-state index contributed by atoms with van der Waals surface area (Å²) in [5.74, 6) is 1.68. The van der Waals surface area contributed by atoms with E-state index in [0.717, 1.165) is 27.3 Å². The van der Waals surface area contributed by atoms with E-state index in [1.54, 1.807) is 23.1 Å². The van der Waals surface area contributed by atoms with Crippen LogP contribution in [-0.4, -0.2) is 46.4 Å². The summed E-state index contributed by atoms with van der Waals surface area (Å²) >= 11 is 3.32. The van der Waals surface area contributed by atoms with Crippen LogP contribution in [0, 0.1) is 0 Å².